The number of aromatic nitrogens is 2. The van der Waals surface area contributed by atoms with Crippen molar-refractivity contribution in [3.8, 4) is 10.6 Å². The predicted octanol–water partition coefficient (Wildman–Crippen LogP) is 4.60. The summed E-state index contributed by atoms with van der Waals surface area (Å²) in [4.78, 5) is 26.7. The van der Waals surface area contributed by atoms with E-state index in [0.717, 1.165) is 48.9 Å². The number of piperidine rings is 1. The first kappa shape index (κ1) is 27.6. The van der Waals surface area contributed by atoms with Crippen LogP contribution in [0.4, 0.5) is 30.5 Å². The molecule has 1 amide bonds. The molecular weight excluding hydrogens is 589 g/mol. The minimum atomic E-state index is -4.79. The summed E-state index contributed by atoms with van der Waals surface area (Å²) in [5.41, 5.74) is 1.37. The first-order chi connectivity index (χ1) is 19.9. The second-order valence-corrected chi connectivity index (χ2v) is 14.7. The van der Waals surface area contributed by atoms with Gasteiger partial charge in [-0.15, -0.1) is 11.3 Å². The standard InChI is InChI=1S/C28H29F3N6O3S2/c1-35-7-8-42(39,40)23-11-22(41-25(23)26(35)38)24-20(28(29,30)31)12-32-27(34-24)33-21-6-5-16(10-19(21)15-3-4-15)37-13-17-9-18(14-37)36(17)2/h5-6,10-12,15,17-18H,3-4,7-9,13-14H2,1-2H3,(H,32,33,34). The SMILES string of the molecule is CN1CCS(=O)(=O)c2cc(-c3nc(Nc4ccc(N5CC6CC(C5)N6C)cc4C4CC4)ncc3C(F)(F)F)sc2C1=O. The first-order valence-corrected chi connectivity index (χ1v) is 16.3. The summed E-state index contributed by atoms with van der Waals surface area (Å²) in [6.07, 6.45) is -0.801. The number of benzene rings is 1. The molecule has 0 spiro atoms. The Bertz CT molecular complexity index is 1690. The Labute approximate surface area is 245 Å². The van der Waals surface area contributed by atoms with Crippen LogP contribution in [-0.4, -0.2) is 85.7 Å². The Hall–Kier alpha value is -3.23. The minimum Gasteiger partial charge on any atom is -0.368 e. The summed E-state index contributed by atoms with van der Waals surface area (Å²) in [5.74, 6) is -0.542. The molecule has 4 aliphatic heterocycles. The lowest BCUT2D eigenvalue weighted by atomic mass is 9.88. The third kappa shape index (κ3) is 4.73. The number of likely N-dealkylation sites (N-methyl/N-ethyl adjacent to an activating group) is 1. The fourth-order valence-electron chi connectivity index (χ4n) is 6.07. The van der Waals surface area contributed by atoms with Crippen LogP contribution in [0, 0.1) is 0 Å². The number of carbonyl (C=O) groups is 1. The van der Waals surface area contributed by atoms with Gasteiger partial charge in [0.15, 0.2) is 9.84 Å². The van der Waals surface area contributed by atoms with E-state index in [2.05, 4.69) is 38.2 Å². The van der Waals surface area contributed by atoms with Crippen LogP contribution < -0.4 is 10.2 Å². The van der Waals surface area contributed by atoms with Crippen molar-refractivity contribution in [3.63, 3.8) is 0 Å². The molecule has 1 N–H and O–H groups in total. The zero-order chi connectivity index (χ0) is 29.6. The van der Waals surface area contributed by atoms with Crippen molar-refractivity contribution < 1.29 is 26.4 Å². The highest BCUT2D eigenvalue weighted by Gasteiger charge is 2.42. The maximum Gasteiger partial charge on any atom is 0.420 e. The van der Waals surface area contributed by atoms with Crippen molar-refractivity contribution in [3.05, 3.63) is 46.5 Å². The number of piperazine rings is 1. The monoisotopic (exact) mass is 618 g/mol. The van der Waals surface area contributed by atoms with Crippen LogP contribution in [0.2, 0.25) is 0 Å². The van der Waals surface area contributed by atoms with Crippen molar-refractivity contribution in [2.45, 2.75) is 48.3 Å². The molecule has 1 aromatic carbocycles. The molecule has 3 saturated heterocycles. The van der Waals surface area contributed by atoms with Crippen LogP contribution in [0.1, 0.15) is 46.0 Å². The topological polar surface area (TPSA) is 98.7 Å². The summed E-state index contributed by atoms with van der Waals surface area (Å²) in [5, 5.41) is 3.14. The number of alkyl halides is 3. The van der Waals surface area contributed by atoms with Gasteiger partial charge in [-0.2, -0.15) is 13.2 Å². The number of halogens is 3. The van der Waals surface area contributed by atoms with Gasteiger partial charge in [0.05, 0.1) is 21.2 Å². The Morgan fingerprint density at radius 3 is 2.50 bits per heavy atom. The number of amides is 1. The van der Waals surface area contributed by atoms with Gasteiger partial charge in [0.2, 0.25) is 5.95 Å². The molecule has 1 saturated carbocycles. The minimum absolute atomic E-state index is 0.00532. The highest BCUT2D eigenvalue weighted by molar-refractivity contribution is 7.91. The summed E-state index contributed by atoms with van der Waals surface area (Å²) < 4.78 is 68.0. The van der Waals surface area contributed by atoms with Crippen LogP contribution in [0.25, 0.3) is 10.6 Å². The van der Waals surface area contributed by atoms with Crippen molar-refractivity contribution >= 4 is 44.4 Å². The third-order valence-electron chi connectivity index (χ3n) is 8.82. The summed E-state index contributed by atoms with van der Waals surface area (Å²) in [6.45, 7) is 1.94. The Morgan fingerprint density at radius 2 is 1.83 bits per heavy atom. The molecular formula is C28H29F3N6O3S2. The predicted molar refractivity (Wildman–Crippen MR) is 153 cm³/mol. The average molecular weight is 619 g/mol. The van der Waals surface area contributed by atoms with E-state index in [1.165, 1.54) is 18.4 Å². The lowest BCUT2D eigenvalue weighted by Gasteiger charge is -2.55. The van der Waals surface area contributed by atoms with E-state index in [0.29, 0.717) is 35.5 Å². The second kappa shape index (κ2) is 9.64. The molecule has 9 nitrogen and oxygen atoms in total. The molecule has 2 aromatic heterocycles. The lowest BCUT2D eigenvalue weighted by Crippen LogP contribution is -2.67. The number of nitrogens with zero attached hydrogens (tertiary/aromatic N) is 5. The lowest BCUT2D eigenvalue weighted by molar-refractivity contribution is -0.137. The Balaban J connectivity index is 1.25. The number of fused-ring (bicyclic) bond motifs is 3. The largest absolute Gasteiger partial charge is 0.420 e. The van der Waals surface area contributed by atoms with E-state index in [1.54, 1.807) is 0 Å². The number of anilines is 3. The normalized spacial score (nSPS) is 23.8. The van der Waals surface area contributed by atoms with Crippen molar-refractivity contribution in [2.75, 3.05) is 49.7 Å². The fourth-order valence-corrected chi connectivity index (χ4v) is 9.10. The van der Waals surface area contributed by atoms with Crippen molar-refractivity contribution in [1.29, 1.82) is 0 Å². The molecule has 2 unspecified atom stereocenters. The number of thiophene rings is 1. The van der Waals surface area contributed by atoms with Gasteiger partial charge >= 0.3 is 6.18 Å². The van der Waals surface area contributed by atoms with E-state index in [9.17, 15) is 26.4 Å². The van der Waals surface area contributed by atoms with Gasteiger partial charge in [-0.25, -0.2) is 18.4 Å². The number of carbonyl (C=O) groups excluding carboxylic acids is 1. The van der Waals surface area contributed by atoms with E-state index in [-0.39, 0.29) is 32.9 Å². The van der Waals surface area contributed by atoms with Crippen LogP contribution in [0.5, 0.6) is 0 Å². The quantitative estimate of drug-likeness (QED) is 0.443. The number of rotatable bonds is 5. The first-order valence-electron chi connectivity index (χ1n) is 13.8. The molecule has 2 atom stereocenters. The maximum atomic E-state index is 14.1. The van der Waals surface area contributed by atoms with Crippen LogP contribution >= 0.6 is 11.3 Å². The maximum absolute atomic E-state index is 14.1. The molecule has 222 valence electrons. The number of hydrogen-bond acceptors (Lipinski definition) is 9. The van der Waals surface area contributed by atoms with E-state index in [1.807, 2.05) is 12.1 Å². The highest BCUT2D eigenvalue weighted by atomic mass is 32.2. The van der Waals surface area contributed by atoms with E-state index >= 15 is 0 Å². The fraction of sp³-hybridized carbons (Fsp3) is 0.464. The summed E-state index contributed by atoms with van der Waals surface area (Å²) >= 11 is 0.703. The number of sulfone groups is 1. The second-order valence-electron chi connectivity index (χ2n) is 11.6. The molecule has 8 rings (SSSR count). The van der Waals surface area contributed by atoms with E-state index in [4.69, 9.17) is 0 Å². The number of nitrogens with one attached hydrogen (secondary N) is 1. The average Bonchev–Trinajstić information content (AvgIpc) is 3.72. The number of hydrogen-bond donors (Lipinski definition) is 1. The summed E-state index contributed by atoms with van der Waals surface area (Å²) in [6, 6.07) is 8.37. The molecule has 6 heterocycles. The van der Waals surface area contributed by atoms with E-state index < -0.39 is 33.2 Å². The summed E-state index contributed by atoms with van der Waals surface area (Å²) in [7, 11) is -0.230. The van der Waals surface area contributed by atoms with Crippen LogP contribution in [-0.2, 0) is 16.0 Å². The van der Waals surface area contributed by atoms with Gasteiger partial charge in [0, 0.05) is 56.3 Å². The van der Waals surface area contributed by atoms with Gasteiger partial charge < -0.3 is 15.1 Å². The smallest absolute Gasteiger partial charge is 0.368 e. The molecule has 5 aliphatic rings. The van der Waals surface area contributed by atoms with Crippen molar-refractivity contribution in [1.82, 2.24) is 19.8 Å². The van der Waals surface area contributed by atoms with Crippen LogP contribution in [0.15, 0.2) is 35.4 Å². The van der Waals surface area contributed by atoms with Gasteiger partial charge in [-0.1, -0.05) is 0 Å². The van der Waals surface area contributed by atoms with Gasteiger partial charge in [-0.3, -0.25) is 9.69 Å². The molecule has 4 fully saturated rings. The van der Waals surface area contributed by atoms with Crippen molar-refractivity contribution in [2.24, 2.45) is 0 Å². The molecule has 1 aliphatic carbocycles. The molecule has 14 heteroatoms. The molecule has 3 aromatic rings. The molecule has 2 bridgehead atoms. The van der Waals surface area contributed by atoms with Gasteiger partial charge in [0.1, 0.15) is 10.4 Å². The van der Waals surface area contributed by atoms with Gasteiger partial charge in [-0.05, 0) is 62.1 Å². The molecule has 0 radical (unpaired) electrons. The molecule has 42 heavy (non-hydrogen) atoms. The third-order valence-corrected chi connectivity index (χ3v) is 11.8. The highest BCUT2D eigenvalue weighted by Crippen LogP contribution is 2.47. The Kier molecular flexibility index (Phi) is 6.34. The zero-order valence-electron chi connectivity index (χ0n) is 23.0. The van der Waals surface area contributed by atoms with Gasteiger partial charge in [0.25, 0.3) is 5.91 Å². The zero-order valence-corrected chi connectivity index (χ0v) is 24.6. The Morgan fingerprint density at radius 1 is 1.10 bits per heavy atom. The van der Waals surface area contributed by atoms with Crippen LogP contribution in [0.3, 0.4) is 0 Å².